The van der Waals surface area contributed by atoms with Crippen LogP contribution in [0.1, 0.15) is 74.6 Å². The van der Waals surface area contributed by atoms with Crippen LogP contribution < -0.4 is 10.2 Å². The van der Waals surface area contributed by atoms with Gasteiger partial charge in [-0.15, -0.1) is 0 Å². The van der Waals surface area contributed by atoms with Gasteiger partial charge in [-0.1, -0.05) is 56.5 Å². The molecule has 2 aromatic carbocycles. The average Bonchev–Trinajstić information content (AvgIpc) is 2.80. The fraction of sp³-hybridized carbons (Fsp3) is 0.552. The van der Waals surface area contributed by atoms with E-state index in [1.807, 2.05) is 0 Å². The number of hydrogen-bond acceptors (Lipinski definition) is 2. The van der Waals surface area contributed by atoms with Crippen LogP contribution in [0.2, 0.25) is 0 Å². The molecule has 0 spiro atoms. The zero-order chi connectivity index (χ0) is 23.4. The van der Waals surface area contributed by atoms with Crippen LogP contribution in [0.4, 0.5) is 11.4 Å². The summed E-state index contributed by atoms with van der Waals surface area (Å²) in [6, 6.07) is 14.2. The highest BCUT2D eigenvalue weighted by molar-refractivity contribution is 7.80. The van der Waals surface area contributed by atoms with Gasteiger partial charge in [0.05, 0.1) is 0 Å². The van der Waals surface area contributed by atoms with Crippen molar-refractivity contribution >= 4 is 28.7 Å². The summed E-state index contributed by atoms with van der Waals surface area (Å²) in [4.78, 5) is 5.06. The first-order valence-corrected chi connectivity index (χ1v) is 13.4. The van der Waals surface area contributed by atoms with E-state index < -0.39 is 0 Å². The molecule has 1 N–H and O–H groups in total. The molecule has 4 rings (SSSR count). The van der Waals surface area contributed by atoms with E-state index in [-0.39, 0.29) is 0 Å². The van der Waals surface area contributed by atoms with E-state index in [1.54, 1.807) is 0 Å². The Morgan fingerprint density at radius 1 is 1.09 bits per heavy atom. The van der Waals surface area contributed by atoms with Gasteiger partial charge in [-0.3, -0.25) is 0 Å². The molecule has 0 aromatic heterocycles. The quantitative estimate of drug-likeness (QED) is 0.455. The van der Waals surface area contributed by atoms with Crippen molar-refractivity contribution in [3.63, 3.8) is 0 Å². The van der Waals surface area contributed by atoms with Crippen LogP contribution in [0.25, 0.3) is 0 Å². The molecule has 178 valence electrons. The second kappa shape index (κ2) is 10.9. The minimum absolute atomic E-state index is 0.497. The molecule has 1 heterocycles. The van der Waals surface area contributed by atoms with Crippen LogP contribution in [-0.2, 0) is 13.0 Å². The van der Waals surface area contributed by atoms with Crippen molar-refractivity contribution in [2.75, 3.05) is 23.3 Å². The molecular formula is C29H41N3S. The highest BCUT2D eigenvalue weighted by Crippen LogP contribution is 2.32. The Bertz CT molecular complexity index is 969. The van der Waals surface area contributed by atoms with E-state index in [9.17, 15) is 0 Å². The molecule has 0 amide bonds. The summed E-state index contributed by atoms with van der Waals surface area (Å²) in [5.41, 5.74) is 8.00. The third-order valence-corrected chi connectivity index (χ3v) is 7.89. The van der Waals surface area contributed by atoms with E-state index >= 15 is 0 Å². The van der Waals surface area contributed by atoms with Crippen molar-refractivity contribution in [1.29, 1.82) is 0 Å². The lowest BCUT2D eigenvalue weighted by molar-refractivity contribution is 0.177. The predicted octanol–water partition coefficient (Wildman–Crippen LogP) is 7.24. The van der Waals surface area contributed by atoms with E-state index in [4.69, 9.17) is 12.2 Å². The Balaban J connectivity index is 1.58. The van der Waals surface area contributed by atoms with E-state index in [1.165, 1.54) is 79.4 Å². The lowest BCUT2D eigenvalue weighted by Crippen LogP contribution is -2.46. The third-order valence-electron chi connectivity index (χ3n) is 7.56. The van der Waals surface area contributed by atoms with E-state index in [0.29, 0.717) is 12.0 Å². The minimum atomic E-state index is 0.497. The Morgan fingerprint density at radius 3 is 2.67 bits per heavy atom. The highest BCUT2D eigenvalue weighted by Gasteiger charge is 2.29. The summed E-state index contributed by atoms with van der Waals surface area (Å²) in [6.45, 7) is 12.2. The number of aryl methyl sites for hydroxylation is 3. The molecule has 33 heavy (non-hydrogen) atoms. The van der Waals surface area contributed by atoms with Gasteiger partial charge in [0.2, 0.25) is 0 Å². The Hall–Kier alpha value is -2.07. The molecule has 2 unspecified atom stereocenters. The normalized spacial score (nSPS) is 20.3. The first-order chi connectivity index (χ1) is 16.0. The zero-order valence-electron chi connectivity index (χ0n) is 21.0. The maximum Gasteiger partial charge on any atom is 0.173 e. The first-order valence-electron chi connectivity index (χ1n) is 13.0. The van der Waals surface area contributed by atoms with Crippen molar-refractivity contribution in [1.82, 2.24) is 4.90 Å². The number of hydrogen-bond donors (Lipinski definition) is 1. The molecule has 0 bridgehead atoms. The van der Waals surface area contributed by atoms with Crippen molar-refractivity contribution in [3.05, 3.63) is 58.7 Å². The van der Waals surface area contributed by atoms with Gasteiger partial charge in [0, 0.05) is 37.1 Å². The van der Waals surface area contributed by atoms with Crippen LogP contribution in [0.15, 0.2) is 36.4 Å². The number of thiocarbonyl (C=S) groups is 1. The van der Waals surface area contributed by atoms with Crippen LogP contribution in [0, 0.1) is 19.8 Å². The van der Waals surface area contributed by atoms with Gasteiger partial charge in [0.25, 0.3) is 0 Å². The van der Waals surface area contributed by atoms with Crippen LogP contribution in [0.5, 0.6) is 0 Å². The smallest absolute Gasteiger partial charge is 0.173 e. The molecule has 2 atom stereocenters. The number of anilines is 2. The standard InChI is InChI=1S/C29H41N3S/c1-5-16-31-17-8-10-25-19-24(13-15-28(25)31)20-32(27-11-7-6-9-22(27)3)29(33)30-26-14-12-21(2)18-23(26)4/h12-15,18-19,22,27H,5-11,16-17,20H2,1-4H3,(H,30,33). The van der Waals surface area contributed by atoms with E-state index in [2.05, 4.69) is 79.2 Å². The highest BCUT2D eigenvalue weighted by atomic mass is 32.1. The fourth-order valence-electron chi connectivity index (χ4n) is 5.77. The molecule has 2 aromatic rings. The van der Waals surface area contributed by atoms with Crippen molar-refractivity contribution in [3.8, 4) is 0 Å². The van der Waals surface area contributed by atoms with E-state index in [0.717, 1.165) is 23.9 Å². The second-order valence-electron chi connectivity index (χ2n) is 10.3. The lowest BCUT2D eigenvalue weighted by Gasteiger charge is -2.40. The predicted molar refractivity (Wildman–Crippen MR) is 146 cm³/mol. The van der Waals surface area contributed by atoms with Gasteiger partial charge in [-0.2, -0.15) is 0 Å². The Morgan fingerprint density at radius 2 is 1.91 bits per heavy atom. The van der Waals surface area contributed by atoms with Gasteiger partial charge in [-0.05, 0) is 92.9 Å². The third kappa shape index (κ3) is 5.71. The van der Waals surface area contributed by atoms with Gasteiger partial charge >= 0.3 is 0 Å². The van der Waals surface area contributed by atoms with Gasteiger partial charge < -0.3 is 15.1 Å². The van der Waals surface area contributed by atoms with Crippen molar-refractivity contribution in [2.45, 2.75) is 85.2 Å². The number of nitrogens with zero attached hydrogens (tertiary/aromatic N) is 2. The number of rotatable bonds is 6. The van der Waals surface area contributed by atoms with Gasteiger partial charge in [0.15, 0.2) is 5.11 Å². The average molecular weight is 464 g/mol. The lowest BCUT2D eigenvalue weighted by atomic mass is 9.84. The molecule has 1 aliphatic heterocycles. The van der Waals surface area contributed by atoms with Crippen LogP contribution >= 0.6 is 12.2 Å². The molecule has 4 heteroatoms. The summed E-state index contributed by atoms with van der Waals surface area (Å²) in [5.74, 6) is 0.662. The number of fused-ring (bicyclic) bond motifs is 1. The number of nitrogens with one attached hydrogen (secondary N) is 1. The zero-order valence-corrected chi connectivity index (χ0v) is 21.8. The minimum Gasteiger partial charge on any atom is -0.371 e. The summed E-state index contributed by atoms with van der Waals surface area (Å²) >= 11 is 6.06. The van der Waals surface area contributed by atoms with Crippen LogP contribution in [0.3, 0.4) is 0 Å². The van der Waals surface area contributed by atoms with Crippen molar-refractivity contribution in [2.24, 2.45) is 5.92 Å². The summed E-state index contributed by atoms with van der Waals surface area (Å²) < 4.78 is 0. The molecule has 0 radical (unpaired) electrons. The molecule has 1 fully saturated rings. The monoisotopic (exact) mass is 463 g/mol. The topological polar surface area (TPSA) is 18.5 Å². The van der Waals surface area contributed by atoms with Crippen LogP contribution in [-0.4, -0.2) is 29.1 Å². The first kappa shape index (κ1) is 24.1. The molecule has 1 aliphatic carbocycles. The maximum absolute atomic E-state index is 6.06. The fourth-order valence-corrected chi connectivity index (χ4v) is 6.08. The molecule has 3 nitrogen and oxygen atoms in total. The van der Waals surface area contributed by atoms with Gasteiger partial charge in [-0.25, -0.2) is 0 Å². The maximum atomic E-state index is 6.06. The SMILES string of the molecule is CCCN1CCCc2cc(CN(C(=S)Nc3ccc(C)cc3C)C3CCCCC3C)ccc21. The second-order valence-corrected chi connectivity index (χ2v) is 10.6. The molecule has 1 saturated carbocycles. The van der Waals surface area contributed by atoms with Crippen molar-refractivity contribution < 1.29 is 0 Å². The molecule has 2 aliphatic rings. The molecular weight excluding hydrogens is 422 g/mol. The summed E-state index contributed by atoms with van der Waals surface area (Å²) in [7, 11) is 0. The summed E-state index contributed by atoms with van der Waals surface area (Å²) in [6.07, 6.45) is 8.81. The Kier molecular flexibility index (Phi) is 7.95. The van der Waals surface area contributed by atoms with Gasteiger partial charge in [0.1, 0.15) is 0 Å². The Labute approximate surface area is 206 Å². The summed E-state index contributed by atoms with van der Waals surface area (Å²) in [5, 5.41) is 4.48. The largest absolute Gasteiger partial charge is 0.371 e. The number of benzene rings is 2. The molecule has 0 saturated heterocycles.